The minimum Gasteiger partial charge on any atom is -0.465 e. The number of Topliss-reactive ketones (excluding diaryl/α,β-unsaturated/α-hetero) is 1. The molecule has 0 unspecified atom stereocenters. The molecule has 1 aliphatic rings. The number of esters is 1. The van der Waals surface area contributed by atoms with Crippen LogP contribution in [0.1, 0.15) is 35.7 Å². The Morgan fingerprint density at radius 1 is 1.47 bits per heavy atom. The van der Waals surface area contributed by atoms with Crippen molar-refractivity contribution in [3.63, 3.8) is 0 Å². The minimum absolute atomic E-state index is 0.0962. The molecule has 0 aliphatic heterocycles. The van der Waals surface area contributed by atoms with Gasteiger partial charge >= 0.3 is 5.97 Å². The number of fused-ring (bicyclic) bond motifs is 1. The fourth-order valence-electron chi connectivity index (χ4n) is 2.56. The van der Waals surface area contributed by atoms with Gasteiger partial charge in [-0.25, -0.2) is 0 Å². The van der Waals surface area contributed by atoms with Gasteiger partial charge in [-0.3, -0.25) is 9.59 Å². The second-order valence-corrected chi connectivity index (χ2v) is 4.67. The zero-order valence-electron chi connectivity index (χ0n) is 10.9. The summed E-state index contributed by atoms with van der Waals surface area (Å²) in [6.07, 6.45) is 6.54. The van der Waals surface area contributed by atoms with Crippen molar-refractivity contribution in [1.29, 1.82) is 0 Å². The summed E-state index contributed by atoms with van der Waals surface area (Å²) in [6.45, 7) is 1.98. The molecule has 0 radical (unpaired) electrons. The molecule has 3 heteroatoms. The highest BCUT2D eigenvalue weighted by Crippen LogP contribution is 2.39. The van der Waals surface area contributed by atoms with Crippen molar-refractivity contribution in [1.82, 2.24) is 0 Å². The zero-order chi connectivity index (χ0) is 13.9. The lowest BCUT2D eigenvalue weighted by molar-refractivity contribution is -0.152. The molecular formula is C16H16O3. The summed E-state index contributed by atoms with van der Waals surface area (Å²) in [7, 11) is 0. The van der Waals surface area contributed by atoms with Crippen LogP contribution in [0.15, 0.2) is 24.3 Å². The van der Waals surface area contributed by atoms with Crippen LogP contribution in [-0.2, 0) is 16.0 Å². The van der Waals surface area contributed by atoms with Crippen LogP contribution < -0.4 is 0 Å². The van der Waals surface area contributed by atoms with Crippen LogP contribution >= 0.6 is 0 Å². The van der Waals surface area contributed by atoms with Crippen molar-refractivity contribution in [2.24, 2.45) is 5.41 Å². The Morgan fingerprint density at radius 2 is 2.21 bits per heavy atom. The average molecular weight is 256 g/mol. The molecule has 19 heavy (non-hydrogen) atoms. The molecule has 1 aliphatic carbocycles. The first-order valence-corrected chi connectivity index (χ1v) is 6.39. The van der Waals surface area contributed by atoms with Gasteiger partial charge in [-0.15, -0.1) is 12.3 Å². The van der Waals surface area contributed by atoms with Crippen molar-refractivity contribution in [3.8, 4) is 12.3 Å². The highest BCUT2D eigenvalue weighted by atomic mass is 16.5. The van der Waals surface area contributed by atoms with Crippen LogP contribution in [0, 0.1) is 17.8 Å². The monoisotopic (exact) mass is 256 g/mol. The van der Waals surface area contributed by atoms with Gasteiger partial charge in [0, 0.05) is 12.0 Å². The molecule has 3 nitrogen and oxygen atoms in total. The fraction of sp³-hybridized carbons (Fsp3) is 0.375. The molecule has 0 spiro atoms. The Kier molecular flexibility index (Phi) is 3.71. The van der Waals surface area contributed by atoms with Crippen LogP contribution in [0.4, 0.5) is 0 Å². The number of carbonyl (C=O) groups is 2. The Balaban J connectivity index is 2.45. The van der Waals surface area contributed by atoms with E-state index in [2.05, 4.69) is 5.92 Å². The first kappa shape index (κ1) is 13.4. The maximum absolute atomic E-state index is 12.6. The number of hydrogen-bond donors (Lipinski definition) is 0. The van der Waals surface area contributed by atoms with Crippen molar-refractivity contribution in [2.75, 3.05) is 6.61 Å². The largest absolute Gasteiger partial charge is 0.465 e. The van der Waals surface area contributed by atoms with Gasteiger partial charge in [0.2, 0.25) is 0 Å². The number of carbonyl (C=O) groups excluding carboxylic acids is 2. The highest BCUT2D eigenvalue weighted by Gasteiger charge is 2.49. The predicted octanol–water partition coefficient (Wildman–Crippen LogP) is 2.39. The third-order valence-electron chi connectivity index (χ3n) is 3.59. The summed E-state index contributed by atoms with van der Waals surface area (Å²) in [4.78, 5) is 24.8. The van der Waals surface area contributed by atoms with E-state index in [1.807, 2.05) is 12.1 Å². The number of hydrogen-bond acceptors (Lipinski definition) is 3. The number of terminal acetylenes is 1. The minimum atomic E-state index is -1.20. The summed E-state index contributed by atoms with van der Waals surface area (Å²) in [5.74, 6) is 1.76. The van der Waals surface area contributed by atoms with E-state index in [9.17, 15) is 9.59 Å². The lowest BCUT2D eigenvalue weighted by Crippen LogP contribution is -2.44. The van der Waals surface area contributed by atoms with Gasteiger partial charge in [0.25, 0.3) is 0 Å². The molecule has 0 amide bonds. The lowest BCUT2D eigenvalue weighted by atomic mass is 9.68. The molecule has 0 heterocycles. The van der Waals surface area contributed by atoms with Crippen molar-refractivity contribution in [2.45, 2.75) is 26.2 Å². The molecule has 0 saturated heterocycles. The number of benzene rings is 1. The van der Waals surface area contributed by atoms with Gasteiger partial charge in [0.05, 0.1) is 6.61 Å². The van der Waals surface area contributed by atoms with Gasteiger partial charge in [-0.2, -0.15) is 0 Å². The van der Waals surface area contributed by atoms with Crippen LogP contribution in [-0.4, -0.2) is 18.4 Å². The third kappa shape index (κ3) is 2.15. The molecule has 1 aromatic carbocycles. The van der Waals surface area contributed by atoms with Gasteiger partial charge in [0.1, 0.15) is 5.41 Å². The van der Waals surface area contributed by atoms with Gasteiger partial charge in [0.15, 0.2) is 5.78 Å². The van der Waals surface area contributed by atoms with E-state index in [4.69, 9.17) is 11.2 Å². The Bertz CT molecular complexity index is 553. The van der Waals surface area contributed by atoms with E-state index in [1.165, 1.54) is 0 Å². The molecular weight excluding hydrogens is 240 g/mol. The van der Waals surface area contributed by atoms with Crippen LogP contribution in [0.2, 0.25) is 0 Å². The van der Waals surface area contributed by atoms with Crippen molar-refractivity contribution >= 4 is 11.8 Å². The van der Waals surface area contributed by atoms with E-state index < -0.39 is 11.4 Å². The summed E-state index contributed by atoms with van der Waals surface area (Å²) in [5, 5.41) is 0. The van der Waals surface area contributed by atoms with Crippen LogP contribution in [0.25, 0.3) is 0 Å². The number of ether oxygens (including phenoxy) is 1. The predicted molar refractivity (Wildman–Crippen MR) is 71.6 cm³/mol. The zero-order valence-corrected chi connectivity index (χ0v) is 10.9. The molecule has 0 N–H and O–H groups in total. The maximum Gasteiger partial charge on any atom is 0.321 e. The molecule has 98 valence electrons. The first-order chi connectivity index (χ1) is 9.15. The van der Waals surface area contributed by atoms with Gasteiger partial charge in [-0.05, 0) is 25.3 Å². The quantitative estimate of drug-likeness (QED) is 0.474. The molecule has 1 atom stereocenters. The summed E-state index contributed by atoms with van der Waals surface area (Å²) >= 11 is 0. The lowest BCUT2D eigenvalue weighted by Gasteiger charge is -2.32. The topological polar surface area (TPSA) is 43.4 Å². The summed E-state index contributed by atoms with van der Waals surface area (Å²) < 4.78 is 5.07. The van der Waals surface area contributed by atoms with Crippen molar-refractivity contribution < 1.29 is 14.3 Å². The summed E-state index contributed by atoms with van der Waals surface area (Å²) in [6, 6.07) is 7.36. The van der Waals surface area contributed by atoms with Crippen LogP contribution in [0.5, 0.6) is 0 Å². The molecule has 1 aromatic rings. The second kappa shape index (κ2) is 5.27. The Labute approximate surface area is 113 Å². The normalized spacial score (nSPS) is 21.4. The van der Waals surface area contributed by atoms with E-state index in [0.29, 0.717) is 18.4 Å². The van der Waals surface area contributed by atoms with Gasteiger partial charge < -0.3 is 4.74 Å². The number of aryl methyl sites for hydroxylation is 1. The second-order valence-electron chi connectivity index (χ2n) is 4.67. The Morgan fingerprint density at radius 3 is 2.89 bits per heavy atom. The summed E-state index contributed by atoms with van der Waals surface area (Å²) in [5.41, 5.74) is 0.376. The van der Waals surface area contributed by atoms with E-state index in [1.54, 1.807) is 19.1 Å². The third-order valence-corrected chi connectivity index (χ3v) is 3.59. The standard InChI is InChI=1S/C16H16O3/c1-3-10-16(15(18)19-4-2)11-9-12-7-5-6-8-13(12)14(16)17/h1,5-8H,4,9-11H2,2H3/t16-/m1/s1. The fourth-order valence-corrected chi connectivity index (χ4v) is 2.56. The van der Waals surface area contributed by atoms with E-state index in [-0.39, 0.29) is 18.8 Å². The molecule has 2 rings (SSSR count). The van der Waals surface area contributed by atoms with Crippen molar-refractivity contribution in [3.05, 3.63) is 35.4 Å². The number of ketones is 1. The SMILES string of the molecule is C#CC[C@@]1(C(=O)OCC)CCc2ccccc2C1=O. The number of rotatable bonds is 3. The molecule has 0 fully saturated rings. The Hall–Kier alpha value is -2.08. The van der Waals surface area contributed by atoms with E-state index >= 15 is 0 Å². The van der Waals surface area contributed by atoms with Crippen LogP contribution in [0.3, 0.4) is 0 Å². The molecule has 0 bridgehead atoms. The molecule has 0 aromatic heterocycles. The first-order valence-electron chi connectivity index (χ1n) is 6.39. The van der Waals surface area contributed by atoms with E-state index in [0.717, 1.165) is 5.56 Å². The highest BCUT2D eigenvalue weighted by molar-refractivity contribution is 6.14. The average Bonchev–Trinajstić information content (AvgIpc) is 2.43. The van der Waals surface area contributed by atoms with Gasteiger partial charge in [-0.1, -0.05) is 24.3 Å². The smallest absolute Gasteiger partial charge is 0.321 e. The molecule has 0 saturated carbocycles. The maximum atomic E-state index is 12.6.